The van der Waals surface area contributed by atoms with Crippen molar-refractivity contribution in [3.8, 4) is 0 Å². The summed E-state index contributed by atoms with van der Waals surface area (Å²) in [6, 6.07) is 0.422. The Labute approximate surface area is 166 Å². The zero-order valence-electron chi connectivity index (χ0n) is 16.3. The Kier molecular flexibility index (Phi) is 6.00. The third-order valence-corrected chi connectivity index (χ3v) is 5.64. The Hall–Kier alpha value is -2.69. The SMILES string of the molecule is O=C1NCc2cnc(NC3CCCCCCCC3)nc2/C2=C/C=C\C=C\C=C/12. The molecule has 3 aliphatic rings. The van der Waals surface area contributed by atoms with Gasteiger partial charge in [-0.25, -0.2) is 9.97 Å². The van der Waals surface area contributed by atoms with Gasteiger partial charge in [0.25, 0.3) is 5.91 Å². The minimum absolute atomic E-state index is 0.0741. The lowest BCUT2D eigenvalue weighted by Crippen LogP contribution is -2.22. The number of rotatable bonds is 2. The molecule has 5 heteroatoms. The number of aromatic nitrogens is 2. The van der Waals surface area contributed by atoms with Crippen molar-refractivity contribution in [2.24, 2.45) is 0 Å². The fourth-order valence-corrected chi connectivity index (χ4v) is 4.09. The van der Waals surface area contributed by atoms with Gasteiger partial charge >= 0.3 is 0 Å². The number of carbonyl (C=O) groups excluding carboxylic acids is 1. The number of carbonyl (C=O) groups is 1. The second-order valence-electron chi connectivity index (χ2n) is 7.72. The van der Waals surface area contributed by atoms with Crippen LogP contribution in [-0.2, 0) is 11.3 Å². The van der Waals surface area contributed by atoms with Gasteiger partial charge in [0.15, 0.2) is 0 Å². The summed E-state index contributed by atoms with van der Waals surface area (Å²) >= 11 is 0. The molecule has 0 spiro atoms. The Morgan fingerprint density at radius 3 is 2.32 bits per heavy atom. The van der Waals surface area contributed by atoms with E-state index in [4.69, 9.17) is 4.98 Å². The lowest BCUT2D eigenvalue weighted by molar-refractivity contribution is -0.117. The number of hydrogen-bond donors (Lipinski definition) is 2. The van der Waals surface area contributed by atoms with Crippen molar-refractivity contribution in [1.29, 1.82) is 0 Å². The smallest absolute Gasteiger partial charge is 0.252 e. The van der Waals surface area contributed by atoms with E-state index in [1.54, 1.807) is 0 Å². The molecule has 0 unspecified atom stereocenters. The summed E-state index contributed by atoms with van der Waals surface area (Å²) < 4.78 is 0. The maximum Gasteiger partial charge on any atom is 0.252 e. The number of allylic oxidation sites excluding steroid dienone is 6. The summed E-state index contributed by atoms with van der Waals surface area (Å²) in [4.78, 5) is 22.0. The van der Waals surface area contributed by atoms with E-state index >= 15 is 0 Å². The number of nitrogens with zero attached hydrogens (tertiary/aromatic N) is 2. The van der Waals surface area contributed by atoms with Crippen LogP contribution in [0.5, 0.6) is 0 Å². The molecule has 1 aromatic heterocycles. The van der Waals surface area contributed by atoms with Gasteiger partial charge in [-0.05, 0) is 18.9 Å². The second-order valence-corrected chi connectivity index (χ2v) is 7.72. The van der Waals surface area contributed by atoms with Crippen LogP contribution in [0.25, 0.3) is 5.57 Å². The average Bonchev–Trinajstić information content (AvgIpc) is 2.75. The van der Waals surface area contributed by atoms with Crippen LogP contribution < -0.4 is 10.6 Å². The molecule has 2 heterocycles. The predicted octanol–water partition coefficient (Wildman–Crippen LogP) is 4.46. The van der Waals surface area contributed by atoms with Gasteiger partial charge in [-0.1, -0.05) is 68.9 Å². The zero-order valence-corrected chi connectivity index (χ0v) is 16.3. The van der Waals surface area contributed by atoms with E-state index in [1.807, 2.05) is 42.7 Å². The molecule has 0 aromatic carbocycles. The van der Waals surface area contributed by atoms with Gasteiger partial charge in [-0.3, -0.25) is 4.79 Å². The molecule has 1 saturated carbocycles. The van der Waals surface area contributed by atoms with Crippen molar-refractivity contribution in [3.63, 3.8) is 0 Å². The molecule has 1 amide bonds. The van der Waals surface area contributed by atoms with Crippen molar-refractivity contribution in [2.75, 3.05) is 5.32 Å². The first-order chi connectivity index (χ1) is 13.8. The second kappa shape index (κ2) is 9.00. The van der Waals surface area contributed by atoms with Crippen LogP contribution in [0.4, 0.5) is 5.95 Å². The van der Waals surface area contributed by atoms with E-state index in [0.29, 0.717) is 24.1 Å². The van der Waals surface area contributed by atoms with Crippen LogP contribution >= 0.6 is 0 Å². The van der Waals surface area contributed by atoms with Gasteiger partial charge in [0, 0.05) is 35.5 Å². The molecule has 0 bridgehead atoms. The van der Waals surface area contributed by atoms with E-state index in [-0.39, 0.29) is 5.91 Å². The van der Waals surface area contributed by atoms with Gasteiger partial charge in [0.2, 0.25) is 5.95 Å². The predicted molar refractivity (Wildman–Crippen MR) is 113 cm³/mol. The minimum Gasteiger partial charge on any atom is -0.351 e. The fourth-order valence-electron chi connectivity index (χ4n) is 4.09. The van der Waals surface area contributed by atoms with Gasteiger partial charge in [-0.15, -0.1) is 0 Å². The van der Waals surface area contributed by atoms with Crippen LogP contribution in [0, 0.1) is 0 Å². The molecule has 28 heavy (non-hydrogen) atoms. The number of nitrogens with one attached hydrogen (secondary N) is 2. The van der Waals surface area contributed by atoms with Gasteiger partial charge < -0.3 is 10.6 Å². The highest BCUT2D eigenvalue weighted by atomic mass is 16.1. The van der Waals surface area contributed by atoms with Crippen LogP contribution in [0.15, 0.2) is 48.2 Å². The highest BCUT2D eigenvalue weighted by molar-refractivity contribution is 6.10. The Bertz CT molecular complexity index is 840. The number of fused-ring (bicyclic) bond motifs is 3. The molecule has 2 N–H and O–H groups in total. The maximum atomic E-state index is 12.5. The number of anilines is 1. The van der Waals surface area contributed by atoms with E-state index in [2.05, 4.69) is 15.6 Å². The normalized spacial score (nSPS) is 26.6. The molecule has 1 aliphatic heterocycles. The summed E-state index contributed by atoms with van der Waals surface area (Å²) in [6.45, 7) is 0.444. The minimum atomic E-state index is -0.0741. The number of amides is 1. The van der Waals surface area contributed by atoms with E-state index in [9.17, 15) is 4.79 Å². The topological polar surface area (TPSA) is 66.9 Å². The molecule has 0 atom stereocenters. The first kappa shape index (κ1) is 18.7. The molecule has 5 nitrogen and oxygen atoms in total. The van der Waals surface area contributed by atoms with Crippen LogP contribution in [0.3, 0.4) is 0 Å². The summed E-state index contributed by atoms with van der Waals surface area (Å²) in [5.41, 5.74) is 3.28. The third kappa shape index (κ3) is 4.41. The summed E-state index contributed by atoms with van der Waals surface area (Å²) in [5.74, 6) is 0.592. The van der Waals surface area contributed by atoms with Gasteiger partial charge in [0.05, 0.1) is 5.69 Å². The maximum absolute atomic E-state index is 12.5. The lowest BCUT2D eigenvalue weighted by Gasteiger charge is -2.19. The zero-order chi connectivity index (χ0) is 19.2. The highest BCUT2D eigenvalue weighted by Crippen LogP contribution is 2.29. The molecule has 146 valence electrons. The summed E-state index contributed by atoms with van der Waals surface area (Å²) in [5, 5.41) is 6.54. The van der Waals surface area contributed by atoms with Crippen LogP contribution in [0.1, 0.15) is 62.6 Å². The Morgan fingerprint density at radius 1 is 0.893 bits per heavy atom. The van der Waals surface area contributed by atoms with Crippen LogP contribution in [0.2, 0.25) is 0 Å². The van der Waals surface area contributed by atoms with Crippen molar-refractivity contribution in [3.05, 3.63) is 59.5 Å². The largest absolute Gasteiger partial charge is 0.351 e. The molecule has 0 radical (unpaired) electrons. The monoisotopic (exact) mass is 376 g/mol. The first-order valence-corrected chi connectivity index (χ1v) is 10.5. The summed E-state index contributed by atoms with van der Waals surface area (Å²) in [6.07, 6.45) is 23.6. The van der Waals surface area contributed by atoms with Crippen molar-refractivity contribution < 1.29 is 4.79 Å². The number of hydrogen-bond acceptors (Lipinski definition) is 4. The Morgan fingerprint density at radius 2 is 1.57 bits per heavy atom. The van der Waals surface area contributed by atoms with Crippen LogP contribution in [-0.4, -0.2) is 21.9 Å². The lowest BCUT2D eigenvalue weighted by atomic mass is 9.98. The van der Waals surface area contributed by atoms with E-state index in [1.165, 1.54) is 51.4 Å². The van der Waals surface area contributed by atoms with Crippen molar-refractivity contribution >= 4 is 17.4 Å². The molecular formula is C23H28N4O. The third-order valence-electron chi connectivity index (χ3n) is 5.64. The standard InChI is InChI=1S/C23H28N4O/c28-22-20-14-10-6-5-9-13-19(20)21-17(15-24-22)16-25-23(27-21)26-18-11-7-3-1-2-4-8-12-18/h5-6,9-10,13-14,16,18H,1-4,7-8,11-12,15H2,(H,24,28)(H,25,26,27)/b6-5?,9-5-,10-6+,13-9?,14-10?,19-13+,20-14-. The Balaban J connectivity index is 1.62. The van der Waals surface area contributed by atoms with Crippen molar-refractivity contribution in [2.45, 2.75) is 64.0 Å². The molecule has 1 aromatic rings. The fraction of sp³-hybridized carbons (Fsp3) is 0.435. The molecule has 1 fully saturated rings. The van der Waals surface area contributed by atoms with E-state index < -0.39 is 0 Å². The quantitative estimate of drug-likeness (QED) is 0.800. The summed E-state index contributed by atoms with van der Waals surface area (Å²) in [7, 11) is 0. The van der Waals surface area contributed by atoms with Gasteiger partial charge in [-0.2, -0.15) is 0 Å². The molecular weight excluding hydrogens is 348 g/mol. The van der Waals surface area contributed by atoms with E-state index in [0.717, 1.165) is 16.8 Å². The molecule has 2 aliphatic carbocycles. The first-order valence-electron chi connectivity index (χ1n) is 10.5. The van der Waals surface area contributed by atoms with Crippen molar-refractivity contribution in [1.82, 2.24) is 15.3 Å². The molecule has 4 rings (SSSR count). The average molecular weight is 377 g/mol. The highest BCUT2D eigenvalue weighted by Gasteiger charge is 2.24. The van der Waals surface area contributed by atoms with Gasteiger partial charge in [0.1, 0.15) is 0 Å². The molecule has 0 saturated heterocycles.